The average Bonchev–Trinajstić information content (AvgIpc) is 2.88. The van der Waals surface area contributed by atoms with Crippen LogP contribution in [0.15, 0.2) is 36.7 Å². The molecule has 1 aromatic heterocycles. The van der Waals surface area contributed by atoms with Crippen LogP contribution in [-0.2, 0) is 0 Å². The summed E-state index contributed by atoms with van der Waals surface area (Å²) in [7, 11) is 1.81. The maximum absolute atomic E-state index is 12.7. The van der Waals surface area contributed by atoms with Crippen LogP contribution in [-0.4, -0.2) is 84.4 Å². The fourth-order valence-electron chi connectivity index (χ4n) is 4.63. The number of piperidine rings is 2. The van der Waals surface area contributed by atoms with E-state index in [1.807, 2.05) is 30.1 Å². The number of rotatable bonds is 9. The van der Waals surface area contributed by atoms with Crippen molar-refractivity contribution in [2.24, 2.45) is 0 Å². The van der Waals surface area contributed by atoms with Gasteiger partial charge in [0.2, 0.25) is 0 Å². The van der Waals surface area contributed by atoms with Crippen LogP contribution in [0.3, 0.4) is 0 Å². The molecule has 2 aromatic rings. The van der Waals surface area contributed by atoms with Crippen LogP contribution in [0.2, 0.25) is 0 Å². The topological polar surface area (TPSA) is 103 Å². The van der Waals surface area contributed by atoms with Crippen molar-refractivity contribution in [2.45, 2.75) is 37.7 Å². The first-order valence-electron chi connectivity index (χ1n) is 12.3. The number of hydrogen-bond donors (Lipinski definition) is 3. The van der Waals surface area contributed by atoms with Crippen LogP contribution in [0.1, 0.15) is 42.5 Å². The molecule has 0 bridgehead atoms. The zero-order chi connectivity index (χ0) is 23.8. The van der Waals surface area contributed by atoms with E-state index in [0.717, 1.165) is 50.0 Å². The number of anilines is 2. The molecule has 3 heterocycles. The maximum atomic E-state index is 12.7. The van der Waals surface area contributed by atoms with Gasteiger partial charge >= 0.3 is 0 Å². The Morgan fingerprint density at radius 3 is 2.68 bits per heavy atom. The summed E-state index contributed by atoms with van der Waals surface area (Å²) in [6.45, 7) is 5.28. The van der Waals surface area contributed by atoms with E-state index >= 15 is 0 Å². The number of amides is 1. The van der Waals surface area contributed by atoms with Gasteiger partial charge in [-0.1, -0.05) is 6.42 Å². The third-order valence-corrected chi connectivity index (χ3v) is 6.61. The molecular formula is C25H36N6O3. The van der Waals surface area contributed by atoms with Gasteiger partial charge in [0.25, 0.3) is 5.91 Å². The first-order valence-corrected chi connectivity index (χ1v) is 12.3. The van der Waals surface area contributed by atoms with Crippen molar-refractivity contribution >= 4 is 17.5 Å². The molecule has 34 heavy (non-hydrogen) atoms. The van der Waals surface area contributed by atoms with Gasteiger partial charge < -0.3 is 25.4 Å². The highest BCUT2D eigenvalue weighted by Crippen LogP contribution is 2.25. The lowest BCUT2D eigenvalue weighted by Crippen LogP contribution is -2.54. The summed E-state index contributed by atoms with van der Waals surface area (Å²) in [5.41, 5.74) is -0.468. The first kappa shape index (κ1) is 24.2. The second-order valence-electron chi connectivity index (χ2n) is 9.22. The number of aliphatic hydroxyl groups is 1. The maximum Gasteiger partial charge on any atom is 0.251 e. The number of nitrogens with zero attached hydrogens (tertiary/aromatic N) is 4. The summed E-state index contributed by atoms with van der Waals surface area (Å²) < 4.78 is 5.85. The largest absolute Gasteiger partial charge is 0.492 e. The summed E-state index contributed by atoms with van der Waals surface area (Å²) in [6, 6.07) is 9.06. The molecular weight excluding hydrogens is 432 g/mol. The van der Waals surface area contributed by atoms with Crippen molar-refractivity contribution in [3.63, 3.8) is 0 Å². The highest BCUT2D eigenvalue weighted by atomic mass is 16.5. The van der Waals surface area contributed by atoms with Crippen molar-refractivity contribution in [3.05, 3.63) is 42.2 Å². The smallest absolute Gasteiger partial charge is 0.251 e. The fraction of sp³-hybridized carbons (Fsp3) is 0.560. The predicted molar refractivity (Wildman–Crippen MR) is 133 cm³/mol. The molecule has 0 aliphatic carbocycles. The van der Waals surface area contributed by atoms with Crippen LogP contribution in [0.5, 0.6) is 5.75 Å². The number of carbonyl (C=O) groups excluding carboxylic acids is 1. The average molecular weight is 469 g/mol. The van der Waals surface area contributed by atoms with E-state index in [9.17, 15) is 9.90 Å². The minimum absolute atomic E-state index is 0.181. The number of likely N-dealkylation sites (tertiary alicyclic amines) is 1. The minimum Gasteiger partial charge on any atom is -0.492 e. The third-order valence-electron chi connectivity index (χ3n) is 6.61. The second kappa shape index (κ2) is 11.5. The van der Waals surface area contributed by atoms with Crippen molar-refractivity contribution < 1.29 is 14.6 Å². The molecule has 0 saturated carbocycles. The molecule has 0 unspecified atom stereocenters. The van der Waals surface area contributed by atoms with Gasteiger partial charge in [-0.2, -0.15) is 0 Å². The lowest BCUT2D eigenvalue weighted by molar-refractivity contribution is 0.0254. The third kappa shape index (κ3) is 6.57. The van der Waals surface area contributed by atoms with Gasteiger partial charge in [-0.3, -0.25) is 9.69 Å². The number of hydrogen-bond acceptors (Lipinski definition) is 8. The quantitative estimate of drug-likeness (QED) is 0.515. The number of aromatic nitrogens is 2. The molecule has 2 saturated heterocycles. The van der Waals surface area contributed by atoms with E-state index in [-0.39, 0.29) is 12.5 Å². The Labute approximate surface area is 201 Å². The summed E-state index contributed by atoms with van der Waals surface area (Å²) in [4.78, 5) is 25.6. The van der Waals surface area contributed by atoms with Gasteiger partial charge in [-0.25, -0.2) is 9.97 Å². The lowest BCUT2D eigenvalue weighted by Gasteiger charge is -2.39. The molecule has 9 heteroatoms. The summed E-state index contributed by atoms with van der Waals surface area (Å²) >= 11 is 0. The van der Waals surface area contributed by atoms with Crippen LogP contribution >= 0.6 is 0 Å². The van der Waals surface area contributed by atoms with Gasteiger partial charge in [0.15, 0.2) is 0 Å². The molecule has 1 aromatic carbocycles. The van der Waals surface area contributed by atoms with Crippen molar-refractivity contribution in [1.82, 2.24) is 20.2 Å². The molecule has 9 nitrogen and oxygen atoms in total. The van der Waals surface area contributed by atoms with Gasteiger partial charge in [0.1, 0.15) is 30.3 Å². The Kier molecular flexibility index (Phi) is 8.18. The van der Waals surface area contributed by atoms with E-state index in [1.165, 1.54) is 25.6 Å². The highest BCUT2D eigenvalue weighted by Gasteiger charge is 2.34. The lowest BCUT2D eigenvalue weighted by atomic mass is 9.92. The highest BCUT2D eigenvalue weighted by molar-refractivity contribution is 5.94. The normalized spacial score (nSPS) is 21.2. The summed E-state index contributed by atoms with van der Waals surface area (Å²) in [5.74, 6) is 2.05. The number of carbonyl (C=O) groups is 1. The van der Waals surface area contributed by atoms with Crippen LogP contribution < -0.4 is 20.3 Å². The number of β-amino-alcohol motifs (C(OH)–C–C–N with tert-alkyl or cyclic N) is 1. The Morgan fingerprint density at radius 1 is 1.12 bits per heavy atom. The van der Waals surface area contributed by atoms with E-state index in [2.05, 4.69) is 25.5 Å². The molecule has 1 atom stereocenters. The molecule has 2 fully saturated rings. The SMILES string of the molecule is CNc1cc(N2CCC[C@@](O)(CNC(=O)c3ccc(OCCN4CCCCC4)cc3)C2)ncn1. The molecule has 2 aliphatic rings. The summed E-state index contributed by atoms with van der Waals surface area (Å²) in [6.07, 6.45) is 6.82. The fourth-order valence-corrected chi connectivity index (χ4v) is 4.63. The Morgan fingerprint density at radius 2 is 1.91 bits per heavy atom. The molecule has 184 valence electrons. The Bertz CT molecular complexity index is 935. The number of ether oxygens (including phenoxy) is 1. The van der Waals surface area contributed by atoms with E-state index in [0.29, 0.717) is 25.1 Å². The monoisotopic (exact) mass is 468 g/mol. The van der Waals surface area contributed by atoms with Crippen molar-refractivity contribution in [1.29, 1.82) is 0 Å². The van der Waals surface area contributed by atoms with E-state index in [1.54, 1.807) is 12.1 Å². The summed E-state index contributed by atoms with van der Waals surface area (Å²) in [5, 5.41) is 17.0. The Hall–Kier alpha value is -2.91. The first-order chi connectivity index (χ1) is 16.5. The number of nitrogens with one attached hydrogen (secondary N) is 2. The predicted octanol–water partition coefficient (Wildman–Crippen LogP) is 2.14. The van der Waals surface area contributed by atoms with Gasteiger partial charge in [0, 0.05) is 44.9 Å². The Balaban J connectivity index is 1.25. The molecule has 3 N–H and O–H groups in total. The zero-order valence-electron chi connectivity index (χ0n) is 20.0. The van der Waals surface area contributed by atoms with Gasteiger partial charge in [0.05, 0.1) is 5.60 Å². The van der Waals surface area contributed by atoms with E-state index in [4.69, 9.17) is 4.74 Å². The molecule has 1 amide bonds. The standard InChI is InChI=1S/C25H36N6O3/c1-26-22-16-23(29-19-28-22)31-13-5-10-25(33,18-31)17-27-24(32)20-6-8-21(9-7-20)34-15-14-30-11-3-2-4-12-30/h6-9,16,19,33H,2-5,10-15,17-18H2,1H3,(H,27,32)(H,26,28,29)/t25-/m1/s1. The van der Waals surface area contributed by atoms with E-state index < -0.39 is 5.60 Å². The van der Waals surface area contributed by atoms with Gasteiger partial charge in [-0.15, -0.1) is 0 Å². The van der Waals surface area contributed by atoms with Crippen molar-refractivity contribution in [2.75, 3.05) is 63.1 Å². The molecule has 0 radical (unpaired) electrons. The molecule has 0 spiro atoms. The van der Waals surface area contributed by atoms with Crippen molar-refractivity contribution in [3.8, 4) is 5.75 Å². The second-order valence-corrected chi connectivity index (χ2v) is 9.22. The zero-order valence-corrected chi connectivity index (χ0v) is 20.0. The molecule has 4 rings (SSSR count). The molecule has 2 aliphatic heterocycles. The van der Waals surface area contributed by atoms with Gasteiger partial charge in [-0.05, 0) is 63.0 Å². The van der Waals surface area contributed by atoms with Crippen LogP contribution in [0, 0.1) is 0 Å². The minimum atomic E-state index is -1.02. The number of benzene rings is 1. The van der Waals surface area contributed by atoms with Crippen LogP contribution in [0.25, 0.3) is 0 Å². The van der Waals surface area contributed by atoms with Crippen LogP contribution in [0.4, 0.5) is 11.6 Å².